The molecule has 0 unspecified atom stereocenters. The van der Waals surface area contributed by atoms with E-state index in [1.165, 1.54) is 0 Å². The van der Waals surface area contributed by atoms with Crippen LogP contribution in [-0.2, 0) is 6.42 Å². The fraction of sp³-hybridized carbons (Fsp3) is 0.348. The molecule has 0 aliphatic carbocycles. The van der Waals surface area contributed by atoms with Crippen molar-refractivity contribution in [2.75, 3.05) is 0 Å². The Morgan fingerprint density at radius 3 is 2.27 bits per heavy atom. The van der Waals surface area contributed by atoms with Crippen LogP contribution in [0.25, 0.3) is 11.4 Å². The number of rotatable bonds is 5. The second-order valence-corrected chi connectivity index (χ2v) is 9.27. The highest BCUT2D eigenvalue weighted by molar-refractivity contribution is 6.00. The first-order chi connectivity index (χ1) is 14.1. The third-order valence-electron chi connectivity index (χ3n) is 5.30. The van der Waals surface area contributed by atoms with Gasteiger partial charge in [-0.2, -0.15) is 0 Å². The first kappa shape index (κ1) is 19.9. The number of Topliss-reactive ketones (excluding diaryl/α,β-unsaturated/α-hetero) is 2. The van der Waals surface area contributed by atoms with Crippen LogP contribution >= 0.6 is 0 Å². The van der Waals surface area contributed by atoms with Gasteiger partial charge in [0.15, 0.2) is 11.6 Å². The fourth-order valence-electron chi connectivity index (χ4n) is 3.66. The average Bonchev–Trinajstić information content (AvgIpc) is 3.30. The molecule has 0 spiro atoms. The average molecular weight is 403 g/mol. The van der Waals surface area contributed by atoms with Crippen molar-refractivity contribution >= 4 is 23.0 Å². The van der Waals surface area contributed by atoms with Crippen molar-refractivity contribution in [3.8, 4) is 0 Å². The summed E-state index contributed by atoms with van der Waals surface area (Å²) in [6, 6.07) is 5.62. The Hall–Kier alpha value is -3.35. The SMILES string of the molecule is CC(C)(C)C(=O)c1cnc2c(CC(C)(C)C(=O)c3cnc4ncccn34)cccn12. The molecule has 0 aliphatic heterocycles. The van der Waals surface area contributed by atoms with E-state index >= 15 is 0 Å². The van der Waals surface area contributed by atoms with Crippen LogP contribution in [0.15, 0.2) is 49.2 Å². The molecule has 0 radical (unpaired) electrons. The lowest BCUT2D eigenvalue weighted by Crippen LogP contribution is -2.28. The number of carbonyl (C=O) groups is 2. The van der Waals surface area contributed by atoms with E-state index in [2.05, 4.69) is 15.0 Å². The number of imidazole rings is 2. The number of nitrogens with zero attached hydrogens (tertiary/aromatic N) is 5. The maximum absolute atomic E-state index is 13.4. The van der Waals surface area contributed by atoms with E-state index in [-0.39, 0.29) is 11.6 Å². The van der Waals surface area contributed by atoms with Crippen molar-refractivity contribution in [1.82, 2.24) is 23.8 Å². The molecule has 30 heavy (non-hydrogen) atoms. The van der Waals surface area contributed by atoms with Crippen LogP contribution in [0.5, 0.6) is 0 Å². The summed E-state index contributed by atoms with van der Waals surface area (Å²) in [5.41, 5.74) is 1.46. The Morgan fingerprint density at radius 2 is 1.53 bits per heavy atom. The zero-order chi connectivity index (χ0) is 21.7. The van der Waals surface area contributed by atoms with Crippen molar-refractivity contribution in [2.24, 2.45) is 10.8 Å². The second-order valence-electron chi connectivity index (χ2n) is 9.27. The minimum absolute atomic E-state index is 0.0254. The molecule has 0 saturated carbocycles. The van der Waals surface area contributed by atoms with E-state index in [0.717, 1.165) is 5.56 Å². The normalized spacial score (nSPS) is 12.6. The monoisotopic (exact) mass is 403 g/mol. The fourth-order valence-corrected chi connectivity index (χ4v) is 3.66. The highest BCUT2D eigenvalue weighted by Crippen LogP contribution is 2.30. The van der Waals surface area contributed by atoms with Gasteiger partial charge >= 0.3 is 0 Å². The van der Waals surface area contributed by atoms with Crippen molar-refractivity contribution in [1.29, 1.82) is 0 Å². The van der Waals surface area contributed by atoms with Crippen molar-refractivity contribution in [3.63, 3.8) is 0 Å². The number of pyridine rings is 1. The van der Waals surface area contributed by atoms with Crippen LogP contribution in [0, 0.1) is 10.8 Å². The highest BCUT2D eigenvalue weighted by atomic mass is 16.1. The standard InChI is InChI=1S/C23H25N5O2/c1-22(2,3)18(29)16-13-25-20-15(8-6-10-27(16)20)12-23(4,5)19(30)17-14-26-21-24-9-7-11-28(17)21/h6-11,13-14H,12H2,1-5H3. The molecule has 0 aliphatic rings. The molecule has 0 aromatic carbocycles. The Morgan fingerprint density at radius 1 is 0.867 bits per heavy atom. The van der Waals surface area contributed by atoms with E-state index in [0.29, 0.717) is 29.2 Å². The van der Waals surface area contributed by atoms with Gasteiger partial charge in [0.1, 0.15) is 17.0 Å². The smallest absolute Gasteiger partial charge is 0.234 e. The zero-order valence-corrected chi connectivity index (χ0v) is 17.9. The molecule has 0 amide bonds. The largest absolute Gasteiger partial charge is 0.297 e. The van der Waals surface area contributed by atoms with E-state index in [1.807, 2.05) is 57.3 Å². The Kier molecular flexibility index (Phi) is 4.56. The summed E-state index contributed by atoms with van der Waals surface area (Å²) < 4.78 is 3.53. The van der Waals surface area contributed by atoms with Crippen molar-refractivity contribution in [3.05, 3.63) is 66.1 Å². The minimum Gasteiger partial charge on any atom is -0.297 e. The zero-order valence-electron chi connectivity index (χ0n) is 17.9. The van der Waals surface area contributed by atoms with E-state index in [1.54, 1.807) is 35.3 Å². The number of fused-ring (bicyclic) bond motifs is 2. The van der Waals surface area contributed by atoms with Gasteiger partial charge in [0.25, 0.3) is 0 Å². The van der Waals surface area contributed by atoms with E-state index in [9.17, 15) is 9.59 Å². The molecule has 4 rings (SSSR count). The number of hydrogen-bond donors (Lipinski definition) is 0. The Bertz CT molecular complexity index is 1270. The van der Waals surface area contributed by atoms with Crippen molar-refractivity contribution in [2.45, 2.75) is 41.0 Å². The molecular formula is C23H25N5O2. The molecule has 0 fully saturated rings. The first-order valence-electron chi connectivity index (χ1n) is 9.92. The summed E-state index contributed by atoms with van der Waals surface area (Å²) in [7, 11) is 0. The molecule has 154 valence electrons. The van der Waals surface area contributed by atoms with Crippen molar-refractivity contribution < 1.29 is 9.59 Å². The van der Waals surface area contributed by atoms with Gasteiger partial charge in [-0.3, -0.25) is 18.4 Å². The molecule has 0 atom stereocenters. The van der Waals surface area contributed by atoms with Gasteiger partial charge in [-0.05, 0) is 24.1 Å². The molecule has 0 bridgehead atoms. The summed E-state index contributed by atoms with van der Waals surface area (Å²) in [5, 5.41) is 0. The number of ketones is 2. The molecule has 0 saturated heterocycles. The third kappa shape index (κ3) is 3.30. The predicted octanol–water partition coefficient (Wildman–Crippen LogP) is 4.06. The number of hydrogen-bond acceptors (Lipinski definition) is 5. The first-order valence-corrected chi connectivity index (χ1v) is 9.92. The topological polar surface area (TPSA) is 81.6 Å². The molecule has 7 heteroatoms. The lowest BCUT2D eigenvalue weighted by Gasteiger charge is -2.23. The molecule has 0 N–H and O–H groups in total. The van der Waals surface area contributed by atoms with Crippen LogP contribution in [-0.4, -0.2) is 35.3 Å². The maximum Gasteiger partial charge on any atom is 0.234 e. The second kappa shape index (κ2) is 6.86. The quantitative estimate of drug-likeness (QED) is 0.470. The molecular weight excluding hydrogens is 378 g/mol. The molecule has 4 heterocycles. The van der Waals surface area contributed by atoms with Gasteiger partial charge in [-0.25, -0.2) is 15.0 Å². The minimum atomic E-state index is -0.701. The van der Waals surface area contributed by atoms with Gasteiger partial charge in [0, 0.05) is 29.4 Å². The number of carbonyl (C=O) groups excluding carboxylic acids is 2. The van der Waals surface area contributed by atoms with Gasteiger partial charge in [-0.1, -0.05) is 40.7 Å². The summed E-state index contributed by atoms with van der Waals surface area (Å²) in [5.74, 6) is 0.501. The lowest BCUT2D eigenvalue weighted by atomic mass is 9.80. The maximum atomic E-state index is 13.4. The molecule has 4 aromatic heterocycles. The van der Waals surface area contributed by atoms with Gasteiger partial charge in [-0.15, -0.1) is 0 Å². The summed E-state index contributed by atoms with van der Waals surface area (Å²) in [6.07, 6.45) is 8.95. The predicted molar refractivity (Wildman–Crippen MR) is 114 cm³/mol. The summed E-state index contributed by atoms with van der Waals surface area (Å²) in [4.78, 5) is 39.1. The molecule has 4 aromatic rings. The Balaban J connectivity index is 1.70. The van der Waals surface area contributed by atoms with Crippen LogP contribution in [0.1, 0.15) is 61.2 Å². The van der Waals surface area contributed by atoms with Crippen LogP contribution in [0.3, 0.4) is 0 Å². The molecule has 7 nitrogen and oxygen atoms in total. The summed E-state index contributed by atoms with van der Waals surface area (Å²) >= 11 is 0. The van der Waals surface area contributed by atoms with Gasteiger partial charge in [0.05, 0.1) is 12.4 Å². The van der Waals surface area contributed by atoms with Crippen LogP contribution < -0.4 is 0 Å². The summed E-state index contributed by atoms with van der Waals surface area (Å²) in [6.45, 7) is 9.51. The number of aromatic nitrogens is 5. The highest BCUT2D eigenvalue weighted by Gasteiger charge is 2.33. The Labute approximate surface area is 174 Å². The lowest BCUT2D eigenvalue weighted by molar-refractivity contribution is 0.0829. The van der Waals surface area contributed by atoms with Gasteiger partial charge < -0.3 is 0 Å². The van der Waals surface area contributed by atoms with Gasteiger partial charge in [0.2, 0.25) is 5.78 Å². The van der Waals surface area contributed by atoms with E-state index < -0.39 is 10.8 Å². The van der Waals surface area contributed by atoms with Crippen LogP contribution in [0.4, 0.5) is 0 Å². The van der Waals surface area contributed by atoms with E-state index in [4.69, 9.17) is 0 Å². The van der Waals surface area contributed by atoms with Crippen LogP contribution in [0.2, 0.25) is 0 Å². The third-order valence-corrected chi connectivity index (χ3v) is 5.30.